The molecule has 1 saturated heterocycles. The highest BCUT2D eigenvalue weighted by molar-refractivity contribution is 5.89. The second-order valence-electron chi connectivity index (χ2n) is 8.63. The van der Waals surface area contributed by atoms with E-state index in [1.54, 1.807) is 23.7 Å². The average Bonchev–Trinajstić information content (AvgIpc) is 3.51. The molecular weight excluding hydrogens is 394 g/mol. The van der Waals surface area contributed by atoms with Crippen molar-refractivity contribution >= 4 is 22.5 Å². The molecule has 2 aliphatic rings. The Bertz CT molecular complexity index is 1240. The lowest BCUT2D eigenvalue weighted by Gasteiger charge is -2.44. The van der Waals surface area contributed by atoms with Gasteiger partial charge in [-0.05, 0) is 49.2 Å². The Morgan fingerprint density at radius 3 is 2.74 bits per heavy atom. The van der Waals surface area contributed by atoms with Crippen molar-refractivity contribution in [1.29, 1.82) is 0 Å². The molecule has 160 valence electrons. The molecule has 0 radical (unpaired) electrons. The summed E-state index contributed by atoms with van der Waals surface area (Å²) in [5, 5.41) is 12.3. The minimum atomic E-state index is -0.0780. The summed E-state index contributed by atoms with van der Waals surface area (Å²) in [6.07, 6.45) is 2.29. The zero-order valence-corrected chi connectivity index (χ0v) is 17.9. The van der Waals surface area contributed by atoms with Crippen LogP contribution in [0.2, 0.25) is 0 Å². The molecule has 0 spiro atoms. The van der Waals surface area contributed by atoms with Gasteiger partial charge in [0, 0.05) is 38.3 Å². The van der Waals surface area contributed by atoms with Gasteiger partial charge in [-0.25, -0.2) is 4.68 Å². The molecule has 1 aliphatic carbocycles. The van der Waals surface area contributed by atoms with E-state index in [9.17, 15) is 4.79 Å². The van der Waals surface area contributed by atoms with Crippen LogP contribution >= 0.6 is 0 Å². The van der Waals surface area contributed by atoms with Crippen LogP contribution in [0.1, 0.15) is 38.6 Å². The number of pyridine rings is 2. The van der Waals surface area contributed by atoms with E-state index in [-0.39, 0.29) is 17.6 Å². The molecular formula is C21H25N9O. The van der Waals surface area contributed by atoms with Crippen molar-refractivity contribution in [1.82, 2.24) is 34.7 Å². The van der Waals surface area contributed by atoms with Gasteiger partial charge in [0.15, 0.2) is 5.82 Å². The molecule has 2 atom stereocenters. The summed E-state index contributed by atoms with van der Waals surface area (Å²) in [6.45, 7) is 13.9. The van der Waals surface area contributed by atoms with Gasteiger partial charge in [0.25, 0.3) is 11.4 Å². The number of anilines is 1. The largest absolute Gasteiger partial charge is 0.362 e. The van der Waals surface area contributed by atoms with Crippen LogP contribution in [0.5, 0.6) is 0 Å². The Kier molecular flexibility index (Phi) is 4.70. The fourth-order valence-electron chi connectivity index (χ4n) is 4.44. The van der Waals surface area contributed by atoms with Gasteiger partial charge in [0.2, 0.25) is 5.52 Å². The Morgan fingerprint density at radius 2 is 2.00 bits per heavy atom. The molecule has 0 amide bonds. The van der Waals surface area contributed by atoms with E-state index in [1.807, 2.05) is 10.7 Å². The van der Waals surface area contributed by atoms with Crippen LogP contribution in [0.3, 0.4) is 0 Å². The summed E-state index contributed by atoms with van der Waals surface area (Å²) in [6, 6.07) is 5.97. The molecule has 0 aromatic carbocycles. The van der Waals surface area contributed by atoms with Crippen molar-refractivity contribution in [2.45, 2.75) is 51.4 Å². The summed E-state index contributed by atoms with van der Waals surface area (Å²) < 4.78 is 3.55. The number of piperazine rings is 1. The number of aromatic nitrogens is 6. The highest BCUT2D eigenvalue weighted by Crippen LogP contribution is 2.35. The molecule has 31 heavy (non-hydrogen) atoms. The van der Waals surface area contributed by atoms with E-state index in [1.165, 1.54) is 0 Å². The molecule has 1 saturated carbocycles. The van der Waals surface area contributed by atoms with Crippen molar-refractivity contribution in [3.05, 3.63) is 45.8 Å². The first-order valence-electron chi connectivity index (χ1n) is 10.6. The molecule has 2 fully saturated rings. The fraction of sp³-hybridized carbons (Fsp3) is 0.524. The van der Waals surface area contributed by atoms with Crippen LogP contribution in [0, 0.1) is 6.57 Å². The second kappa shape index (κ2) is 7.42. The molecule has 0 unspecified atom stereocenters. The molecule has 3 aromatic rings. The van der Waals surface area contributed by atoms with Gasteiger partial charge in [0.1, 0.15) is 0 Å². The van der Waals surface area contributed by atoms with Gasteiger partial charge < -0.3 is 14.3 Å². The van der Waals surface area contributed by atoms with Crippen molar-refractivity contribution in [2.24, 2.45) is 7.05 Å². The van der Waals surface area contributed by atoms with Gasteiger partial charge >= 0.3 is 0 Å². The predicted octanol–water partition coefficient (Wildman–Crippen LogP) is 1.90. The summed E-state index contributed by atoms with van der Waals surface area (Å²) in [4.78, 5) is 25.3. The van der Waals surface area contributed by atoms with Crippen LogP contribution in [0.4, 0.5) is 11.5 Å². The predicted molar refractivity (Wildman–Crippen MR) is 116 cm³/mol. The lowest BCUT2D eigenvalue weighted by Crippen LogP contribution is -2.56. The van der Waals surface area contributed by atoms with Crippen LogP contribution in [-0.2, 0) is 13.6 Å². The number of hydrogen-bond acceptors (Lipinski definition) is 7. The number of rotatable bonds is 4. The summed E-state index contributed by atoms with van der Waals surface area (Å²) in [5.41, 5.74) is 2.15. The smallest absolute Gasteiger partial charge is 0.270 e. The molecule has 1 aliphatic heterocycles. The average molecular weight is 419 g/mol. The van der Waals surface area contributed by atoms with Crippen LogP contribution in [0.25, 0.3) is 15.9 Å². The summed E-state index contributed by atoms with van der Waals surface area (Å²) >= 11 is 0. The van der Waals surface area contributed by atoms with E-state index in [0.29, 0.717) is 23.9 Å². The second-order valence-corrected chi connectivity index (χ2v) is 8.63. The normalized spacial score (nSPS) is 22.1. The standard InChI is InChI=1S/C21H25N9O/c1-13-11-29(14(2)10-28(13)12-19-24-25-26-30(19)15-5-6-15)17-9-20(31)27(4)16-7-8-18(22-3)23-21(16)17/h7-9,13-15H,5-6,10-12H2,1-2,4H3/t13-,14+/m1/s1. The molecule has 4 heterocycles. The maximum absolute atomic E-state index is 12.6. The molecule has 10 nitrogen and oxygen atoms in total. The van der Waals surface area contributed by atoms with Gasteiger partial charge in [-0.1, -0.05) is 6.57 Å². The van der Waals surface area contributed by atoms with Gasteiger partial charge in [-0.15, -0.1) is 10.1 Å². The van der Waals surface area contributed by atoms with Gasteiger partial charge in [0.05, 0.1) is 23.8 Å². The maximum atomic E-state index is 12.6. The molecule has 5 rings (SSSR count). The van der Waals surface area contributed by atoms with Crippen LogP contribution in [-0.4, -0.2) is 59.8 Å². The van der Waals surface area contributed by atoms with Crippen LogP contribution < -0.4 is 10.5 Å². The molecule has 0 N–H and O–H groups in total. The van der Waals surface area contributed by atoms with Gasteiger partial charge in [-0.2, -0.15) is 0 Å². The van der Waals surface area contributed by atoms with Crippen molar-refractivity contribution < 1.29 is 0 Å². The minimum Gasteiger partial charge on any atom is -0.362 e. The first-order chi connectivity index (χ1) is 15.0. The van der Waals surface area contributed by atoms with E-state index < -0.39 is 0 Å². The Hall–Kier alpha value is -3.32. The lowest BCUT2D eigenvalue weighted by atomic mass is 10.1. The number of nitrogens with zero attached hydrogens (tertiary/aromatic N) is 9. The molecule has 0 bridgehead atoms. The third-order valence-electron chi connectivity index (χ3n) is 6.39. The van der Waals surface area contributed by atoms with E-state index in [2.05, 4.69) is 49.0 Å². The van der Waals surface area contributed by atoms with E-state index >= 15 is 0 Å². The monoisotopic (exact) mass is 419 g/mol. The first kappa shape index (κ1) is 19.6. The lowest BCUT2D eigenvalue weighted by molar-refractivity contribution is 0.151. The highest BCUT2D eigenvalue weighted by atomic mass is 16.1. The fourth-order valence-corrected chi connectivity index (χ4v) is 4.44. The summed E-state index contributed by atoms with van der Waals surface area (Å²) in [7, 11) is 1.74. The Balaban J connectivity index is 1.45. The highest BCUT2D eigenvalue weighted by Gasteiger charge is 2.34. The summed E-state index contributed by atoms with van der Waals surface area (Å²) in [5.74, 6) is 1.25. The number of aryl methyl sites for hydroxylation is 1. The van der Waals surface area contributed by atoms with Crippen molar-refractivity contribution in [2.75, 3.05) is 18.0 Å². The van der Waals surface area contributed by atoms with Crippen molar-refractivity contribution in [3.8, 4) is 0 Å². The quantitative estimate of drug-likeness (QED) is 0.597. The topological polar surface area (TPSA) is 89.3 Å². The van der Waals surface area contributed by atoms with Crippen LogP contribution in [0.15, 0.2) is 23.0 Å². The Morgan fingerprint density at radius 1 is 1.19 bits per heavy atom. The maximum Gasteiger partial charge on any atom is 0.270 e. The number of fused-ring (bicyclic) bond motifs is 1. The van der Waals surface area contributed by atoms with E-state index in [0.717, 1.165) is 43.0 Å². The van der Waals surface area contributed by atoms with E-state index in [4.69, 9.17) is 6.57 Å². The molecule has 10 heteroatoms. The number of tetrazole rings is 1. The number of hydrogen-bond donors (Lipinski definition) is 0. The first-order valence-corrected chi connectivity index (χ1v) is 10.6. The zero-order valence-electron chi connectivity index (χ0n) is 17.9. The third kappa shape index (κ3) is 3.45. The zero-order chi connectivity index (χ0) is 21.7. The SMILES string of the molecule is [C-]#[N+]c1ccc2c(n1)c(N1C[C@@H](C)N(Cc3nnnn3C3CC3)C[C@@H]1C)cc(=O)n2C. The third-order valence-corrected chi connectivity index (χ3v) is 6.39. The minimum absolute atomic E-state index is 0.0780. The molecule has 3 aromatic heterocycles. The van der Waals surface area contributed by atoms with Gasteiger partial charge in [-0.3, -0.25) is 9.69 Å². The van der Waals surface area contributed by atoms with Crippen molar-refractivity contribution in [3.63, 3.8) is 0 Å². The Labute approximate surface area is 179 Å².